The van der Waals surface area contributed by atoms with Crippen molar-refractivity contribution in [3.63, 3.8) is 0 Å². The minimum absolute atomic E-state index is 0.104. The molecule has 0 unspecified atom stereocenters. The highest BCUT2D eigenvalue weighted by Gasteiger charge is 2.26. The van der Waals surface area contributed by atoms with E-state index in [0.717, 1.165) is 17.5 Å². The minimum Gasteiger partial charge on any atom is -0.481 e. The summed E-state index contributed by atoms with van der Waals surface area (Å²) in [6, 6.07) is 7.57. The Morgan fingerprint density at radius 1 is 1.12 bits per heavy atom. The van der Waals surface area contributed by atoms with E-state index in [0.29, 0.717) is 26.1 Å². The number of hydrogen-bond acceptors (Lipinski definition) is 3. The molecule has 1 aromatic carbocycles. The average molecular weight is 361 g/mol. The molecule has 7 heteroatoms. The van der Waals surface area contributed by atoms with E-state index in [4.69, 9.17) is 5.11 Å². The van der Waals surface area contributed by atoms with Crippen molar-refractivity contribution in [2.75, 3.05) is 6.54 Å². The summed E-state index contributed by atoms with van der Waals surface area (Å²) in [6.45, 7) is 6.51. The number of amides is 1. The van der Waals surface area contributed by atoms with E-state index in [2.05, 4.69) is 5.32 Å². The van der Waals surface area contributed by atoms with Crippen LogP contribution in [0.3, 0.4) is 0 Å². The molecule has 2 rings (SSSR count). The van der Waals surface area contributed by atoms with Gasteiger partial charge in [0, 0.05) is 26.1 Å². The van der Waals surface area contributed by atoms with Gasteiger partial charge in [0.2, 0.25) is 5.91 Å². The number of aliphatic carboxylic acids is 1. The fourth-order valence-corrected chi connectivity index (χ4v) is 2.85. The minimum atomic E-state index is -0.887. The van der Waals surface area contributed by atoms with Crippen LogP contribution < -0.4 is 11.0 Å². The molecule has 142 valence electrons. The maximum atomic E-state index is 12.6. The van der Waals surface area contributed by atoms with Crippen LogP contribution in [0, 0.1) is 5.41 Å². The number of carbonyl (C=O) groups is 2. The van der Waals surface area contributed by atoms with Crippen LogP contribution in [0.1, 0.15) is 40.0 Å². The molecule has 0 spiro atoms. The summed E-state index contributed by atoms with van der Waals surface area (Å²) in [5, 5.41) is 11.8. The Labute approximate surface area is 152 Å². The quantitative estimate of drug-likeness (QED) is 0.716. The third-order valence-electron chi connectivity index (χ3n) is 4.59. The van der Waals surface area contributed by atoms with Crippen LogP contribution in [0.5, 0.6) is 0 Å². The first kappa shape index (κ1) is 19.8. The second-order valence-corrected chi connectivity index (χ2v) is 7.11. The summed E-state index contributed by atoms with van der Waals surface area (Å²) < 4.78 is 3.37. The molecule has 0 bridgehead atoms. The van der Waals surface area contributed by atoms with Crippen molar-refractivity contribution < 1.29 is 14.7 Å². The standard InChI is InChI=1S/C19H27N3O4/c1-4-12-21-14-7-5-6-8-15(14)22(18(21)26)13-9-16(23)20-11-10-19(2,3)17(24)25/h5-8H,4,9-13H2,1-3H3,(H,20,23)(H,24,25). The lowest BCUT2D eigenvalue weighted by Crippen LogP contribution is -2.33. The number of imidazole rings is 1. The van der Waals surface area contributed by atoms with Crippen molar-refractivity contribution in [2.24, 2.45) is 5.41 Å². The van der Waals surface area contributed by atoms with Crippen molar-refractivity contribution in [1.82, 2.24) is 14.5 Å². The van der Waals surface area contributed by atoms with Gasteiger partial charge in [-0.15, -0.1) is 0 Å². The smallest absolute Gasteiger partial charge is 0.329 e. The van der Waals surface area contributed by atoms with E-state index >= 15 is 0 Å². The zero-order chi connectivity index (χ0) is 19.3. The molecule has 0 saturated carbocycles. The molecular formula is C19H27N3O4. The number of nitrogens with zero attached hydrogens (tertiary/aromatic N) is 2. The molecule has 0 aliphatic carbocycles. The SMILES string of the molecule is CCCn1c(=O)n(CCC(=O)NCCC(C)(C)C(=O)O)c2ccccc21. The number of fused-ring (bicyclic) bond motifs is 1. The summed E-state index contributed by atoms with van der Waals surface area (Å²) >= 11 is 0. The van der Waals surface area contributed by atoms with Crippen LogP contribution >= 0.6 is 0 Å². The Balaban J connectivity index is 2.01. The molecule has 0 saturated heterocycles. The second kappa shape index (κ2) is 8.21. The van der Waals surface area contributed by atoms with Gasteiger partial charge in [0.25, 0.3) is 0 Å². The number of aryl methyl sites for hydroxylation is 2. The van der Waals surface area contributed by atoms with Crippen molar-refractivity contribution in [3.8, 4) is 0 Å². The van der Waals surface area contributed by atoms with Gasteiger partial charge >= 0.3 is 11.7 Å². The van der Waals surface area contributed by atoms with E-state index < -0.39 is 11.4 Å². The number of rotatable bonds is 9. The van der Waals surface area contributed by atoms with Gasteiger partial charge in [-0.05, 0) is 38.8 Å². The largest absolute Gasteiger partial charge is 0.481 e. The Morgan fingerprint density at radius 3 is 2.23 bits per heavy atom. The summed E-state index contributed by atoms with van der Waals surface area (Å²) in [4.78, 5) is 35.8. The Hall–Kier alpha value is -2.57. The lowest BCUT2D eigenvalue weighted by atomic mass is 9.90. The van der Waals surface area contributed by atoms with Crippen LogP contribution in [0.2, 0.25) is 0 Å². The maximum absolute atomic E-state index is 12.6. The van der Waals surface area contributed by atoms with Crippen LogP contribution in [0.25, 0.3) is 11.0 Å². The van der Waals surface area contributed by atoms with Crippen molar-refractivity contribution in [1.29, 1.82) is 0 Å². The lowest BCUT2D eigenvalue weighted by molar-refractivity contribution is -0.147. The summed E-state index contributed by atoms with van der Waals surface area (Å²) in [6.07, 6.45) is 1.38. The fourth-order valence-electron chi connectivity index (χ4n) is 2.85. The van der Waals surface area contributed by atoms with Gasteiger partial charge in [-0.25, -0.2) is 4.79 Å². The number of para-hydroxylation sites is 2. The van der Waals surface area contributed by atoms with Gasteiger partial charge in [0.1, 0.15) is 0 Å². The van der Waals surface area contributed by atoms with E-state index in [-0.39, 0.29) is 18.0 Å². The molecule has 7 nitrogen and oxygen atoms in total. The molecule has 2 N–H and O–H groups in total. The molecule has 2 aromatic rings. The normalized spacial score (nSPS) is 11.7. The number of carboxylic acids is 1. The fraction of sp³-hybridized carbons (Fsp3) is 0.526. The second-order valence-electron chi connectivity index (χ2n) is 7.11. The first-order valence-corrected chi connectivity index (χ1v) is 8.96. The van der Waals surface area contributed by atoms with Gasteiger partial charge in [0.05, 0.1) is 16.4 Å². The number of nitrogens with one attached hydrogen (secondary N) is 1. The van der Waals surface area contributed by atoms with Gasteiger partial charge in [0.15, 0.2) is 0 Å². The van der Waals surface area contributed by atoms with E-state index in [1.54, 1.807) is 23.0 Å². The summed E-state index contributed by atoms with van der Waals surface area (Å²) in [5.41, 5.74) is 0.722. The molecule has 1 aromatic heterocycles. The maximum Gasteiger partial charge on any atom is 0.329 e. The number of carboxylic acid groups (broad SMARTS) is 1. The number of benzene rings is 1. The van der Waals surface area contributed by atoms with E-state index in [9.17, 15) is 14.4 Å². The van der Waals surface area contributed by atoms with Gasteiger partial charge < -0.3 is 10.4 Å². The van der Waals surface area contributed by atoms with Crippen LogP contribution in [0.15, 0.2) is 29.1 Å². The average Bonchev–Trinajstić information content (AvgIpc) is 2.85. The predicted molar refractivity (Wildman–Crippen MR) is 100 cm³/mol. The number of aromatic nitrogens is 2. The molecule has 0 atom stereocenters. The Bertz CT molecular complexity index is 848. The van der Waals surface area contributed by atoms with Crippen LogP contribution in [-0.2, 0) is 22.7 Å². The van der Waals surface area contributed by atoms with Crippen molar-refractivity contribution >= 4 is 22.9 Å². The Morgan fingerprint density at radius 2 is 1.69 bits per heavy atom. The highest BCUT2D eigenvalue weighted by Crippen LogP contribution is 2.19. The predicted octanol–water partition coefficient (Wildman–Crippen LogP) is 2.22. The molecule has 26 heavy (non-hydrogen) atoms. The highest BCUT2D eigenvalue weighted by molar-refractivity contribution is 5.78. The topological polar surface area (TPSA) is 93.3 Å². The molecular weight excluding hydrogens is 334 g/mol. The van der Waals surface area contributed by atoms with Crippen molar-refractivity contribution in [2.45, 2.75) is 53.1 Å². The monoisotopic (exact) mass is 361 g/mol. The van der Waals surface area contributed by atoms with Gasteiger partial charge in [-0.3, -0.25) is 18.7 Å². The summed E-state index contributed by atoms with van der Waals surface area (Å²) in [7, 11) is 0. The molecule has 1 amide bonds. The molecule has 0 radical (unpaired) electrons. The number of hydrogen-bond donors (Lipinski definition) is 2. The van der Waals surface area contributed by atoms with Gasteiger partial charge in [-0.1, -0.05) is 19.1 Å². The highest BCUT2D eigenvalue weighted by atomic mass is 16.4. The van der Waals surface area contributed by atoms with E-state index in [1.807, 2.05) is 31.2 Å². The third kappa shape index (κ3) is 4.33. The van der Waals surface area contributed by atoms with E-state index in [1.165, 1.54) is 0 Å². The molecule has 1 heterocycles. The van der Waals surface area contributed by atoms with Crippen molar-refractivity contribution in [3.05, 3.63) is 34.7 Å². The molecule has 0 aliphatic rings. The molecule has 0 aliphatic heterocycles. The first-order valence-electron chi connectivity index (χ1n) is 8.96. The number of carbonyl (C=O) groups excluding carboxylic acids is 1. The zero-order valence-electron chi connectivity index (χ0n) is 15.6. The van der Waals surface area contributed by atoms with Crippen LogP contribution in [0.4, 0.5) is 0 Å². The lowest BCUT2D eigenvalue weighted by Gasteiger charge is -2.18. The molecule has 0 fully saturated rings. The third-order valence-corrected chi connectivity index (χ3v) is 4.59. The summed E-state index contributed by atoms with van der Waals surface area (Å²) in [5.74, 6) is -1.08. The first-order chi connectivity index (χ1) is 12.3. The van der Waals surface area contributed by atoms with Gasteiger partial charge in [-0.2, -0.15) is 0 Å². The Kier molecular flexibility index (Phi) is 6.23. The zero-order valence-corrected chi connectivity index (χ0v) is 15.6. The van der Waals surface area contributed by atoms with Crippen LogP contribution in [-0.4, -0.2) is 32.7 Å².